The number of para-hydroxylation sites is 1. The standard InChI is InChI=1S/C12H10BrNO2/c1-16-12(15)7-8-6-11(13)14-10-5-3-2-4-9(8)10/h2-6H,7H2,1H3. The summed E-state index contributed by atoms with van der Waals surface area (Å²) in [6.45, 7) is 0. The van der Waals surface area contributed by atoms with Crippen LogP contribution >= 0.6 is 15.9 Å². The fourth-order valence-electron chi connectivity index (χ4n) is 1.59. The maximum absolute atomic E-state index is 11.3. The summed E-state index contributed by atoms with van der Waals surface area (Å²) >= 11 is 3.33. The second-order valence-electron chi connectivity index (χ2n) is 3.37. The summed E-state index contributed by atoms with van der Waals surface area (Å²) < 4.78 is 5.40. The number of carbonyl (C=O) groups excluding carboxylic acids is 1. The van der Waals surface area contributed by atoms with E-state index in [2.05, 4.69) is 25.7 Å². The van der Waals surface area contributed by atoms with Gasteiger partial charge in [0.2, 0.25) is 0 Å². The van der Waals surface area contributed by atoms with Crippen LogP contribution in [0.2, 0.25) is 0 Å². The Morgan fingerprint density at radius 1 is 1.44 bits per heavy atom. The van der Waals surface area contributed by atoms with Crippen LogP contribution in [0.4, 0.5) is 0 Å². The van der Waals surface area contributed by atoms with Crippen LogP contribution in [0.1, 0.15) is 5.56 Å². The van der Waals surface area contributed by atoms with E-state index in [-0.39, 0.29) is 12.4 Å². The van der Waals surface area contributed by atoms with E-state index in [1.807, 2.05) is 30.3 Å². The molecule has 2 aromatic rings. The number of methoxy groups -OCH3 is 1. The van der Waals surface area contributed by atoms with Crippen LogP contribution in [0.3, 0.4) is 0 Å². The number of benzene rings is 1. The lowest BCUT2D eigenvalue weighted by Crippen LogP contribution is -2.05. The third-order valence-corrected chi connectivity index (χ3v) is 2.74. The van der Waals surface area contributed by atoms with Crippen molar-refractivity contribution in [3.8, 4) is 0 Å². The zero-order chi connectivity index (χ0) is 11.5. The van der Waals surface area contributed by atoms with Gasteiger partial charge in [-0.15, -0.1) is 0 Å². The number of pyridine rings is 1. The number of fused-ring (bicyclic) bond motifs is 1. The minimum absolute atomic E-state index is 0.247. The van der Waals surface area contributed by atoms with Gasteiger partial charge in [-0.1, -0.05) is 18.2 Å². The van der Waals surface area contributed by atoms with Crippen molar-refractivity contribution in [1.29, 1.82) is 0 Å². The molecule has 0 aliphatic rings. The zero-order valence-corrected chi connectivity index (χ0v) is 10.3. The van der Waals surface area contributed by atoms with E-state index in [0.29, 0.717) is 0 Å². The van der Waals surface area contributed by atoms with Crippen LogP contribution in [0.15, 0.2) is 34.9 Å². The molecule has 0 aliphatic heterocycles. The molecule has 0 N–H and O–H groups in total. The number of aromatic nitrogens is 1. The number of esters is 1. The molecule has 0 spiro atoms. The van der Waals surface area contributed by atoms with Gasteiger partial charge in [-0.2, -0.15) is 0 Å². The highest BCUT2D eigenvalue weighted by Crippen LogP contribution is 2.21. The van der Waals surface area contributed by atoms with Gasteiger partial charge in [0.1, 0.15) is 4.60 Å². The minimum Gasteiger partial charge on any atom is -0.469 e. The number of ether oxygens (including phenoxy) is 1. The van der Waals surface area contributed by atoms with Crippen molar-refractivity contribution < 1.29 is 9.53 Å². The van der Waals surface area contributed by atoms with Crippen molar-refractivity contribution in [3.63, 3.8) is 0 Å². The fraction of sp³-hybridized carbons (Fsp3) is 0.167. The average Bonchev–Trinajstić information content (AvgIpc) is 2.28. The van der Waals surface area contributed by atoms with E-state index in [4.69, 9.17) is 0 Å². The SMILES string of the molecule is COC(=O)Cc1cc(Br)nc2ccccc12. The van der Waals surface area contributed by atoms with Crippen molar-refractivity contribution in [3.05, 3.63) is 40.5 Å². The Morgan fingerprint density at radius 3 is 2.94 bits per heavy atom. The van der Waals surface area contributed by atoms with Crippen molar-refractivity contribution in [1.82, 2.24) is 4.98 Å². The highest BCUT2D eigenvalue weighted by Gasteiger charge is 2.08. The van der Waals surface area contributed by atoms with Crippen LogP contribution in [0.5, 0.6) is 0 Å². The molecule has 2 rings (SSSR count). The van der Waals surface area contributed by atoms with Gasteiger partial charge in [0.15, 0.2) is 0 Å². The third-order valence-electron chi connectivity index (χ3n) is 2.33. The van der Waals surface area contributed by atoms with Gasteiger partial charge in [0.05, 0.1) is 19.0 Å². The molecule has 1 heterocycles. The molecule has 0 radical (unpaired) electrons. The van der Waals surface area contributed by atoms with E-state index < -0.39 is 0 Å². The van der Waals surface area contributed by atoms with E-state index in [0.717, 1.165) is 21.1 Å². The maximum atomic E-state index is 11.3. The number of rotatable bonds is 2. The molecule has 1 aromatic carbocycles. The number of carbonyl (C=O) groups is 1. The first-order chi connectivity index (χ1) is 7.70. The first-order valence-electron chi connectivity index (χ1n) is 4.81. The monoisotopic (exact) mass is 279 g/mol. The number of nitrogens with zero attached hydrogens (tertiary/aromatic N) is 1. The average molecular weight is 280 g/mol. The number of hydrogen-bond acceptors (Lipinski definition) is 3. The summed E-state index contributed by atoms with van der Waals surface area (Å²) in [5.41, 5.74) is 1.79. The summed E-state index contributed by atoms with van der Waals surface area (Å²) in [6, 6.07) is 9.57. The quantitative estimate of drug-likeness (QED) is 0.627. The van der Waals surface area contributed by atoms with Crippen LogP contribution in [-0.2, 0) is 16.0 Å². The fourth-order valence-corrected chi connectivity index (χ4v) is 2.05. The van der Waals surface area contributed by atoms with E-state index in [1.54, 1.807) is 0 Å². The second-order valence-corrected chi connectivity index (χ2v) is 4.19. The molecular formula is C12H10BrNO2. The molecule has 0 saturated carbocycles. The maximum Gasteiger partial charge on any atom is 0.310 e. The molecule has 0 atom stereocenters. The largest absolute Gasteiger partial charge is 0.469 e. The molecule has 0 saturated heterocycles. The summed E-state index contributed by atoms with van der Waals surface area (Å²) in [6.07, 6.45) is 0.262. The molecule has 1 aromatic heterocycles. The Morgan fingerprint density at radius 2 is 2.19 bits per heavy atom. The van der Waals surface area contributed by atoms with Crippen LogP contribution in [-0.4, -0.2) is 18.1 Å². The van der Waals surface area contributed by atoms with Crippen LogP contribution in [0, 0.1) is 0 Å². The molecule has 0 amide bonds. The topological polar surface area (TPSA) is 39.2 Å². The van der Waals surface area contributed by atoms with Crippen LogP contribution < -0.4 is 0 Å². The molecule has 0 aliphatic carbocycles. The molecule has 0 fully saturated rings. The normalized spacial score (nSPS) is 10.4. The molecule has 4 heteroatoms. The molecule has 0 bridgehead atoms. The summed E-state index contributed by atoms with van der Waals surface area (Å²) in [4.78, 5) is 15.6. The Labute approximate surface area is 102 Å². The van der Waals surface area contributed by atoms with Gasteiger partial charge in [-0.25, -0.2) is 4.98 Å². The third kappa shape index (κ3) is 2.22. The highest BCUT2D eigenvalue weighted by atomic mass is 79.9. The number of halogens is 1. The molecular weight excluding hydrogens is 270 g/mol. The second kappa shape index (κ2) is 4.61. The van der Waals surface area contributed by atoms with Crippen molar-refractivity contribution in [2.45, 2.75) is 6.42 Å². The Hall–Kier alpha value is -1.42. The molecule has 3 nitrogen and oxygen atoms in total. The van der Waals surface area contributed by atoms with Gasteiger partial charge in [0.25, 0.3) is 0 Å². The summed E-state index contributed by atoms with van der Waals surface area (Å²) in [7, 11) is 1.39. The van der Waals surface area contributed by atoms with Gasteiger partial charge in [-0.05, 0) is 33.6 Å². The lowest BCUT2D eigenvalue weighted by atomic mass is 10.1. The molecule has 0 unspecified atom stereocenters. The smallest absolute Gasteiger partial charge is 0.310 e. The first kappa shape index (κ1) is 11.1. The number of hydrogen-bond donors (Lipinski definition) is 0. The Kier molecular flexibility index (Phi) is 3.19. The Bertz CT molecular complexity index is 540. The molecule has 16 heavy (non-hydrogen) atoms. The van der Waals surface area contributed by atoms with E-state index in [1.165, 1.54) is 7.11 Å². The van der Waals surface area contributed by atoms with Crippen molar-refractivity contribution >= 4 is 32.8 Å². The van der Waals surface area contributed by atoms with Crippen LogP contribution in [0.25, 0.3) is 10.9 Å². The Balaban J connectivity index is 2.54. The zero-order valence-electron chi connectivity index (χ0n) is 8.74. The summed E-state index contributed by atoms with van der Waals surface area (Å²) in [5.74, 6) is -0.247. The van der Waals surface area contributed by atoms with Crippen molar-refractivity contribution in [2.75, 3.05) is 7.11 Å². The minimum atomic E-state index is -0.247. The van der Waals surface area contributed by atoms with Gasteiger partial charge >= 0.3 is 5.97 Å². The predicted molar refractivity (Wildman–Crippen MR) is 65.2 cm³/mol. The molecule has 82 valence electrons. The van der Waals surface area contributed by atoms with E-state index in [9.17, 15) is 4.79 Å². The van der Waals surface area contributed by atoms with E-state index >= 15 is 0 Å². The van der Waals surface area contributed by atoms with Crippen molar-refractivity contribution in [2.24, 2.45) is 0 Å². The lowest BCUT2D eigenvalue weighted by molar-refractivity contribution is -0.139. The lowest BCUT2D eigenvalue weighted by Gasteiger charge is -2.05. The summed E-state index contributed by atoms with van der Waals surface area (Å²) in [5, 5.41) is 0.983. The van der Waals surface area contributed by atoms with Gasteiger partial charge < -0.3 is 4.74 Å². The van der Waals surface area contributed by atoms with Gasteiger partial charge in [0, 0.05) is 5.39 Å². The first-order valence-corrected chi connectivity index (χ1v) is 5.61. The highest BCUT2D eigenvalue weighted by molar-refractivity contribution is 9.10. The van der Waals surface area contributed by atoms with Gasteiger partial charge in [-0.3, -0.25) is 4.79 Å². The predicted octanol–water partition coefficient (Wildman–Crippen LogP) is 2.71.